The first-order valence-corrected chi connectivity index (χ1v) is 6.25. The molecule has 0 unspecified atom stereocenters. The zero-order chi connectivity index (χ0) is 13.3. The van der Waals surface area contributed by atoms with Crippen LogP contribution in [0, 0.1) is 20.8 Å². The molecule has 2 rings (SSSR count). The fourth-order valence-corrected chi connectivity index (χ4v) is 2.38. The van der Waals surface area contributed by atoms with Crippen LogP contribution in [0.1, 0.15) is 22.6 Å². The Bertz CT molecular complexity index is 570. The zero-order valence-corrected chi connectivity index (χ0v) is 11.5. The van der Waals surface area contributed by atoms with Crippen LogP contribution in [0.3, 0.4) is 0 Å². The Labute approximate surface area is 108 Å². The lowest BCUT2D eigenvalue weighted by Gasteiger charge is -2.10. The summed E-state index contributed by atoms with van der Waals surface area (Å²) in [5, 5.41) is 9.06. The molecular weight excluding hydrogens is 224 g/mol. The first-order valence-electron chi connectivity index (χ1n) is 6.25. The van der Waals surface area contributed by atoms with Crippen molar-refractivity contribution in [2.24, 2.45) is 7.05 Å². The SMILES string of the molecule is Cc1ccc(C)c(-c2c(C)nc(CCO)n2C)c1. The zero-order valence-electron chi connectivity index (χ0n) is 11.5. The van der Waals surface area contributed by atoms with Gasteiger partial charge in [-0.2, -0.15) is 0 Å². The second-order valence-corrected chi connectivity index (χ2v) is 4.81. The molecule has 18 heavy (non-hydrogen) atoms. The quantitative estimate of drug-likeness (QED) is 0.901. The molecule has 2 aromatic rings. The maximum atomic E-state index is 9.06. The van der Waals surface area contributed by atoms with Gasteiger partial charge in [0, 0.05) is 19.0 Å². The van der Waals surface area contributed by atoms with Gasteiger partial charge in [0.1, 0.15) is 5.82 Å². The second-order valence-electron chi connectivity index (χ2n) is 4.81. The minimum Gasteiger partial charge on any atom is -0.396 e. The minimum atomic E-state index is 0.135. The molecule has 3 heteroatoms. The number of imidazole rings is 1. The van der Waals surface area contributed by atoms with Crippen molar-refractivity contribution in [2.45, 2.75) is 27.2 Å². The largest absolute Gasteiger partial charge is 0.396 e. The minimum absolute atomic E-state index is 0.135. The highest BCUT2D eigenvalue weighted by molar-refractivity contribution is 5.67. The number of rotatable bonds is 3. The predicted molar refractivity (Wildman–Crippen MR) is 73.6 cm³/mol. The summed E-state index contributed by atoms with van der Waals surface area (Å²) in [7, 11) is 2.02. The number of aromatic nitrogens is 2. The van der Waals surface area contributed by atoms with Crippen LogP contribution in [0.2, 0.25) is 0 Å². The van der Waals surface area contributed by atoms with Gasteiger partial charge < -0.3 is 9.67 Å². The Balaban J connectivity index is 2.60. The summed E-state index contributed by atoms with van der Waals surface area (Å²) >= 11 is 0. The van der Waals surface area contributed by atoms with E-state index in [-0.39, 0.29) is 6.61 Å². The van der Waals surface area contributed by atoms with E-state index < -0.39 is 0 Å². The van der Waals surface area contributed by atoms with Gasteiger partial charge in [0.25, 0.3) is 0 Å². The average Bonchev–Trinajstić information content (AvgIpc) is 2.59. The molecule has 0 amide bonds. The molecule has 3 nitrogen and oxygen atoms in total. The normalized spacial score (nSPS) is 10.9. The lowest BCUT2D eigenvalue weighted by Crippen LogP contribution is -2.02. The van der Waals surface area contributed by atoms with E-state index in [4.69, 9.17) is 5.11 Å². The first kappa shape index (κ1) is 12.8. The Morgan fingerprint density at radius 2 is 1.94 bits per heavy atom. The van der Waals surface area contributed by atoms with Gasteiger partial charge in [-0.25, -0.2) is 4.98 Å². The van der Waals surface area contributed by atoms with Crippen molar-refractivity contribution in [3.05, 3.63) is 40.8 Å². The summed E-state index contributed by atoms with van der Waals surface area (Å²) in [6, 6.07) is 6.46. The molecule has 1 heterocycles. The number of nitrogens with zero attached hydrogens (tertiary/aromatic N) is 2. The van der Waals surface area contributed by atoms with Crippen LogP contribution < -0.4 is 0 Å². The Morgan fingerprint density at radius 3 is 2.61 bits per heavy atom. The van der Waals surface area contributed by atoms with Gasteiger partial charge in [-0.3, -0.25) is 0 Å². The molecule has 0 saturated carbocycles. The van der Waals surface area contributed by atoms with Gasteiger partial charge in [0.2, 0.25) is 0 Å². The highest BCUT2D eigenvalue weighted by Gasteiger charge is 2.14. The molecule has 0 fully saturated rings. The van der Waals surface area contributed by atoms with E-state index in [0.29, 0.717) is 6.42 Å². The van der Waals surface area contributed by atoms with Crippen LogP contribution >= 0.6 is 0 Å². The predicted octanol–water partition coefficient (Wildman–Crippen LogP) is 2.55. The average molecular weight is 244 g/mol. The molecule has 0 bridgehead atoms. The fourth-order valence-electron chi connectivity index (χ4n) is 2.38. The van der Waals surface area contributed by atoms with Crippen LogP contribution in [0.25, 0.3) is 11.3 Å². The van der Waals surface area contributed by atoms with E-state index in [1.807, 2.05) is 14.0 Å². The van der Waals surface area contributed by atoms with E-state index in [9.17, 15) is 0 Å². The third-order valence-corrected chi connectivity index (χ3v) is 3.35. The van der Waals surface area contributed by atoms with Crippen LogP contribution in [0.4, 0.5) is 0 Å². The van der Waals surface area contributed by atoms with Crippen molar-refractivity contribution in [2.75, 3.05) is 6.61 Å². The molecule has 96 valence electrons. The number of aryl methyl sites for hydroxylation is 3. The van der Waals surface area contributed by atoms with Gasteiger partial charge in [0.15, 0.2) is 0 Å². The number of benzene rings is 1. The molecular formula is C15H20N2O. The molecule has 0 spiro atoms. The summed E-state index contributed by atoms with van der Waals surface area (Å²) in [5.41, 5.74) is 5.91. The highest BCUT2D eigenvalue weighted by atomic mass is 16.3. The molecule has 1 aromatic heterocycles. The number of hydrogen-bond acceptors (Lipinski definition) is 2. The van der Waals surface area contributed by atoms with Gasteiger partial charge in [-0.15, -0.1) is 0 Å². The summed E-state index contributed by atoms with van der Waals surface area (Å²) in [6.07, 6.45) is 0.599. The first-order chi connectivity index (χ1) is 8.54. The van der Waals surface area contributed by atoms with Crippen molar-refractivity contribution in [3.8, 4) is 11.3 Å². The maximum absolute atomic E-state index is 9.06. The van der Waals surface area contributed by atoms with Gasteiger partial charge in [0.05, 0.1) is 18.0 Å². The summed E-state index contributed by atoms with van der Waals surface area (Å²) < 4.78 is 2.09. The maximum Gasteiger partial charge on any atom is 0.111 e. The Morgan fingerprint density at radius 1 is 1.22 bits per heavy atom. The van der Waals surface area contributed by atoms with Crippen LogP contribution in [0.5, 0.6) is 0 Å². The van der Waals surface area contributed by atoms with Gasteiger partial charge >= 0.3 is 0 Å². The molecule has 0 radical (unpaired) electrons. The highest BCUT2D eigenvalue weighted by Crippen LogP contribution is 2.28. The molecule has 0 aliphatic heterocycles. The van der Waals surface area contributed by atoms with Crippen LogP contribution in [-0.4, -0.2) is 21.3 Å². The summed E-state index contributed by atoms with van der Waals surface area (Å²) in [5.74, 6) is 0.936. The van der Waals surface area contributed by atoms with E-state index >= 15 is 0 Å². The number of aliphatic hydroxyl groups excluding tert-OH is 1. The van der Waals surface area contributed by atoms with E-state index in [1.165, 1.54) is 16.7 Å². The molecule has 0 aliphatic carbocycles. The fraction of sp³-hybridized carbons (Fsp3) is 0.400. The molecule has 1 N–H and O–H groups in total. The monoisotopic (exact) mass is 244 g/mol. The van der Waals surface area contributed by atoms with E-state index in [0.717, 1.165) is 17.2 Å². The Kier molecular flexibility index (Phi) is 3.53. The molecule has 0 atom stereocenters. The van der Waals surface area contributed by atoms with Gasteiger partial charge in [-0.1, -0.05) is 17.7 Å². The number of aliphatic hydroxyl groups is 1. The number of hydrogen-bond donors (Lipinski definition) is 1. The van der Waals surface area contributed by atoms with Crippen molar-refractivity contribution in [3.63, 3.8) is 0 Å². The van der Waals surface area contributed by atoms with Crippen molar-refractivity contribution in [1.82, 2.24) is 9.55 Å². The summed E-state index contributed by atoms with van der Waals surface area (Å²) in [4.78, 5) is 4.55. The smallest absolute Gasteiger partial charge is 0.111 e. The topological polar surface area (TPSA) is 38.1 Å². The van der Waals surface area contributed by atoms with Crippen molar-refractivity contribution in [1.29, 1.82) is 0 Å². The van der Waals surface area contributed by atoms with Crippen molar-refractivity contribution >= 4 is 0 Å². The lowest BCUT2D eigenvalue weighted by atomic mass is 10.0. The van der Waals surface area contributed by atoms with Crippen LogP contribution in [-0.2, 0) is 13.5 Å². The molecule has 0 aliphatic rings. The lowest BCUT2D eigenvalue weighted by molar-refractivity contribution is 0.295. The third kappa shape index (κ3) is 2.18. The third-order valence-electron chi connectivity index (χ3n) is 3.35. The van der Waals surface area contributed by atoms with E-state index in [2.05, 4.69) is 41.6 Å². The van der Waals surface area contributed by atoms with Gasteiger partial charge in [-0.05, 0) is 32.4 Å². The summed E-state index contributed by atoms with van der Waals surface area (Å²) in [6.45, 7) is 6.38. The molecule has 0 saturated heterocycles. The van der Waals surface area contributed by atoms with Crippen LogP contribution in [0.15, 0.2) is 18.2 Å². The Hall–Kier alpha value is -1.61. The standard InChI is InChI=1S/C15H20N2O/c1-10-5-6-11(2)13(9-10)15-12(3)16-14(7-8-18)17(15)4/h5-6,9,18H,7-8H2,1-4H3. The second kappa shape index (κ2) is 4.94. The molecule has 1 aromatic carbocycles. The van der Waals surface area contributed by atoms with Crippen molar-refractivity contribution < 1.29 is 5.11 Å². The van der Waals surface area contributed by atoms with E-state index in [1.54, 1.807) is 0 Å².